The summed E-state index contributed by atoms with van der Waals surface area (Å²) < 4.78 is 37.0. The maximum Gasteiger partial charge on any atom is 0.341 e. The van der Waals surface area contributed by atoms with Crippen LogP contribution in [0.5, 0.6) is 5.75 Å². The summed E-state index contributed by atoms with van der Waals surface area (Å²) in [6, 6.07) is 8.15. The standard InChI is InChI=1S/C27H25BrFN3O4S/c1-3-36-27(34)24-23-18(14-31-11-10-30-15(31)2)26(33)19(28)13-21(23)32(17-8-9-17)25(24)22(37-35)12-16-6-4-5-7-20(16)29/h4-7,10-11,13,17,33H,3,8-9,12,14H2,1-2H3. The number of carbonyl (C=O) groups excluding carboxylic acids is 1. The van der Waals surface area contributed by atoms with E-state index in [1.165, 1.54) is 6.07 Å². The number of halogens is 2. The molecule has 0 bridgehead atoms. The molecular formula is C27H25BrFN3O4S. The molecule has 0 radical (unpaired) electrons. The number of aromatic nitrogens is 3. The van der Waals surface area contributed by atoms with Crippen molar-refractivity contribution in [1.82, 2.24) is 14.1 Å². The number of hydrogen-bond donors (Lipinski definition) is 1. The van der Waals surface area contributed by atoms with E-state index in [0.29, 0.717) is 37.1 Å². The molecule has 0 aliphatic heterocycles. The van der Waals surface area contributed by atoms with Crippen molar-refractivity contribution in [2.75, 3.05) is 6.61 Å². The van der Waals surface area contributed by atoms with Crippen molar-refractivity contribution in [3.05, 3.63) is 81.2 Å². The van der Waals surface area contributed by atoms with Gasteiger partial charge in [0.1, 0.15) is 17.4 Å². The molecule has 192 valence electrons. The number of ether oxygens (including phenoxy) is 1. The van der Waals surface area contributed by atoms with Crippen LogP contribution in [-0.4, -0.2) is 40.9 Å². The van der Waals surface area contributed by atoms with Gasteiger partial charge in [0.2, 0.25) is 0 Å². The number of hydrogen-bond acceptors (Lipinski definition) is 5. The molecule has 1 aliphatic rings. The fourth-order valence-electron chi connectivity index (χ4n) is 4.76. The first-order chi connectivity index (χ1) is 17.8. The molecule has 0 atom stereocenters. The van der Waals surface area contributed by atoms with Gasteiger partial charge in [-0.1, -0.05) is 18.2 Å². The molecule has 1 aliphatic carbocycles. The lowest BCUT2D eigenvalue weighted by Gasteiger charge is -2.13. The van der Waals surface area contributed by atoms with Gasteiger partial charge >= 0.3 is 5.97 Å². The molecule has 5 rings (SSSR count). The van der Waals surface area contributed by atoms with Crippen LogP contribution in [0.3, 0.4) is 0 Å². The molecule has 7 nitrogen and oxygen atoms in total. The van der Waals surface area contributed by atoms with E-state index in [2.05, 4.69) is 20.9 Å². The highest BCUT2D eigenvalue weighted by Gasteiger charge is 2.36. The van der Waals surface area contributed by atoms with Crippen LogP contribution in [0.15, 0.2) is 47.2 Å². The summed E-state index contributed by atoms with van der Waals surface area (Å²) in [4.78, 5) is 18.1. The maximum absolute atomic E-state index is 14.6. The van der Waals surface area contributed by atoms with Gasteiger partial charge in [0.25, 0.3) is 0 Å². The number of esters is 1. The molecule has 1 N–H and O–H groups in total. The van der Waals surface area contributed by atoms with Crippen molar-refractivity contribution in [1.29, 1.82) is 0 Å². The average Bonchev–Trinajstić information content (AvgIpc) is 3.55. The molecule has 1 fully saturated rings. The van der Waals surface area contributed by atoms with Gasteiger partial charge in [0, 0.05) is 35.8 Å². The quantitative estimate of drug-likeness (QED) is 0.172. The smallest absolute Gasteiger partial charge is 0.341 e. The summed E-state index contributed by atoms with van der Waals surface area (Å²) in [6.45, 7) is 3.96. The van der Waals surface area contributed by atoms with E-state index in [0.717, 1.165) is 18.7 Å². The van der Waals surface area contributed by atoms with Crippen LogP contribution < -0.4 is 0 Å². The van der Waals surface area contributed by atoms with Crippen molar-refractivity contribution in [3.63, 3.8) is 0 Å². The predicted octanol–water partition coefficient (Wildman–Crippen LogP) is 5.29. The van der Waals surface area contributed by atoms with Crippen LogP contribution in [0.2, 0.25) is 0 Å². The first kappa shape index (κ1) is 25.4. The van der Waals surface area contributed by atoms with Crippen molar-refractivity contribution >= 4 is 48.9 Å². The summed E-state index contributed by atoms with van der Waals surface area (Å²) in [5, 5.41) is 11.7. The van der Waals surface area contributed by atoms with Gasteiger partial charge in [-0.3, -0.25) is 0 Å². The highest BCUT2D eigenvalue weighted by molar-refractivity contribution is 9.10. The summed E-state index contributed by atoms with van der Waals surface area (Å²) in [5.41, 5.74) is 2.23. The number of fused-ring (bicyclic) bond motifs is 1. The van der Waals surface area contributed by atoms with Crippen molar-refractivity contribution in [2.45, 2.75) is 45.7 Å². The highest BCUT2D eigenvalue weighted by atomic mass is 79.9. The van der Waals surface area contributed by atoms with Gasteiger partial charge < -0.3 is 19.0 Å². The van der Waals surface area contributed by atoms with Crippen LogP contribution in [0.4, 0.5) is 4.39 Å². The van der Waals surface area contributed by atoms with Gasteiger partial charge in [-0.05, 0) is 60.3 Å². The number of aryl methyl sites for hydroxylation is 1. The Labute approximate surface area is 225 Å². The third-order valence-electron chi connectivity index (χ3n) is 6.64. The van der Waals surface area contributed by atoms with Gasteiger partial charge in [0.05, 0.1) is 50.5 Å². The number of imidazole rings is 1. The highest BCUT2D eigenvalue weighted by Crippen LogP contribution is 2.46. The summed E-state index contributed by atoms with van der Waals surface area (Å²) >= 11 is 3.74. The second kappa shape index (κ2) is 10.3. The molecule has 0 spiro atoms. The van der Waals surface area contributed by atoms with Crippen LogP contribution in [0, 0.1) is 12.7 Å². The van der Waals surface area contributed by atoms with Crippen LogP contribution >= 0.6 is 15.9 Å². The number of benzene rings is 2. The Kier molecular flexibility index (Phi) is 7.04. The van der Waals surface area contributed by atoms with Gasteiger partial charge in [-0.15, -0.1) is 0 Å². The fourth-order valence-corrected chi connectivity index (χ4v) is 5.71. The molecule has 4 aromatic rings. The molecule has 1 saturated carbocycles. The Bertz CT molecular complexity index is 1580. The Balaban J connectivity index is 1.84. The molecule has 2 heterocycles. The lowest BCUT2D eigenvalue weighted by Crippen LogP contribution is -2.18. The molecule has 37 heavy (non-hydrogen) atoms. The molecular weight excluding hydrogens is 561 g/mol. The van der Waals surface area contributed by atoms with Crippen molar-refractivity contribution < 1.29 is 23.2 Å². The zero-order valence-electron chi connectivity index (χ0n) is 20.3. The third kappa shape index (κ3) is 4.64. The summed E-state index contributed by atoms with van der Waals surface area (Å²) in [7, 11) is 0. The minimum Gasteiger partial charge on any atom is -0.506 e. The average molecular weight is 586 g/mol. The molecule has 2 aromatic carbocycles. The van der Waals surface area contributed by atoms with E-state index in [-0.39, 0.29) is 48.2 Å². The summed E-state index contributed by atoms with van der Waals surface area (Å²) in [5.74, 6) is -0.269. The second-order valence-corrected chi connectivity index (χ2v) is 10.5. The number of phenolic OH excluding ortho intramolecular Hbond substituents is 1. The zero-order chi connectivity index (χ0) is 26.3. The molecule has 0 saturated heterocycles. The Morgan fingerprint density at radius 3 is 2.70 bits per heavy atom. The lowest BCUT2D eigenvalue weighted by atomic mass is 10.00. The Hall–Kier alpha value is -3.24. The molecule has 2 aromatic heterocycles. The van der Waals surface area contributed by atoms with E-state index in [1.807, 2.05) is 16.1 Å². The fraction of sp³-hybridized carbons (Fsp3) is 0.296. The monoisotopic (exact) mass is 585 g/mol. The number of phenols is 1. The number of aromatic hydroxyl groups is 1. The topological polar surface area (TPSA) is 86.4 Å². The van der Waals surface area contributed by atoms with E-state index in [9.17, 15) is 18.5 Å². The maximum atomic E-state index is 14.6. The van der Waals surface area contributed by atoms with Gasteiger partial charge in [-0.2, -0.15) is 0 Å². The van der Waals surface area contributed by atoms with E-state index < -0.39 is 11.8 Å². The minimum atomic E-state index is -0.590. The third-order valence-corrected chi connectivity index (χ3v) is 7.78. The van der Waals surface area contributed by atoms with E-state index in [1.54, 1.807) is 43.6 Å². The molecule has 0 amide bonds. The predicted molar refractivity (Wildman–Crippen MR) is 144 cm³/mol. The molecule has 10 heteroatoms. The Morgan fingerprint density at radius 2 is 2.08 bits per heavy atom. The minimum absolute atomic E-state index is 0.00363. The number of carbonyl (C=O) groups is 1. The Morgan fingerprint density at radius 1 is 1.32 bits per heavy atom. The number of nitrogens with zero attached hydrogens (tertiary/aromatic N) is 3. The number of rotatable bonds is 8. The van der Waals surface area contributed by atoms with E-state index in [4.69, 9.17) is 4.74 Å². The second-order valence-electron chi connectivity index (χ2n) is 9.00. The first-order valence-corrected chi connectivity index (χ1v) is 13.5. The van der Waals surface area contributed by atoms with Crippen LogP contribution in [0.25, 0.3) is 10.9 Å². The normalized spacial score (nSPS) is 13.2. The zero-order valence-corrected chi connectivity index (χ0v) is 22.7. The molecule has 0 unspecified atom stereocenters. The van der Waals surface area contributed by atoms with Crippen LogP contribution in [-0.2, 0) is 29.0 Å². The lowest BCUT2D eigenvalue weighted by molar-refractivity contribution is 0.0528. The van der Waals surface area contributed by atoms with Crippen LogP contribution in [0.1, 0.15) is 58.8 Å². The first-order valence-electron chi connectivity index (χ1n) is 12.0. The van der Waals surface area contributed by atoms with E-state index >= 15 is 0 Å². The largest absolute Gasteiger partial charge is 0.506 e. The van der Waals surface area contributed by atoms with Crippen molar-refractivity contribution in [3.8, 4) is 5.75 Å². The summed E-state index contributed by atoms with van der Waals surface area (Å²) in [6.07, 6.45) is 5.25. The van der Waals surface area contributed by atoms with Crippen molar-refractivity contribution in [2.24, 2.45) is 0 Å². The SMILES string of the molecule is CCOC(=O)c1c(C(Cc2ccccc2F)=S=O)n(C2CC2)c2cc(Br)c(O)c(Cn3ccnc3C)c12. The van der Waals surface area contributed by atoms with Gasteiger partial charge in [-0.25, -0.2) is 18.4 Å². The van der Waals surface area contributed by atoms with Gasteiger partial charge in [0.15, 0.2) is 0 Å².